The average Bonchev–Trinajstić information content (AvgIpc) is 2.57. The molecule has 0 spiro atoms. The lowest BCUT2D eigenvalue weighted by Gasteiger charge is -2.18. The van der Waals surface area contributed by atoms with Gasteiger partial charge < -0.3 is 5.32 Å². The molecule has 0 aromatic heterocycles. The zero-order valence-electron chi connectivity index (χ0n) is 12.4. The van der Waals surface area contributed by atoms with E-state index < -0.39 is 57.8 Å². The standard InChI is InChI=1S/C16H7F6N3/c1-6(7-2-10(17)14(21)11(18)3-7)25-16-9(5-24)12(19)8(4-23)13(20)15(16)22/h2-3,6,25H,1H3. The zero-order valence-corrected chi connectivity index (χ0v) is 12.4. The third-order valence-corrected chi connectivity index (χ3v) is 3.41. The molecule has 0 fully saturated rings. The van der Waals surface area contributed by atoms with Gasteiger partial charge in [-0.1, -0.05) is 0 Å². The van der Waals surface area contributed by atoms with Crippen LogP contribution in [0.2, 0.25) is 0 Å². The second-order valence-electron chi connectivity index (χ2n) is 4.96. The Morgan fingerprint density at radius 3 is 1.80 bits per heavy atom. The highest BCUT2D eigenvalue weighted by molar-refractivity contribution is 5.63. The van der Waals surface area contributed by atoms with Crippen molar-refractivity contribution in [2.24, 2.45) is 0 Å². The molecule has 2 aromatic rings. The largest absolute Gasteiger partial charge is 0.375 e. The molecule has 3 nitrogen and oxygen atoms in total. The lowest BCUT2D eigenvalue weighted by atomic mass is 10.0. The van der Waals surface area contributed by atoms with Gasteiger partial charge in [-0.15, -0.1) is 0 Å². The Hall–Kier alpha value is -3.20. The monoisotopic (exact) mass is 355 g/mol. The number of rotatable bonds is 3. The minimum absolute atomic E-state index is 0.204. The van der Waals surface area contributed by atoms with Crippen LogP contribution in [0, 0.1) is 57.6 Å². The molecule has 0 heterocycles. The van der Waals surface area contributed by atoms with Crippen LogP contribution in [-0.4, -0.2) is 0 Å². The van der Waals surface area contributed by atoms with Gasteiger partial charge in [-0.3, -0.25) is 0 Å². The van der Waals surface area contributed by atoms with Crippen molar-refractivity contribution < 1.29 is 26.3 Å². The van der Waals surface area contributed by atoms with Gasteiger partial charge in [0.2, 0.25) is 0 Å². The predicted molar refractivity (Wildman–Crippen MR) is 74.1 cm³/mol. The van der Waals surface area contributed by atoms with Gasteiger partial charge in [0.1, 0.15) is 23.3 Å². The molecule has 2 aromatic carbocycles. The molecule has 0 saturated heterocycles. The fourth-order valence-corrected chi connectivity index (χ4v) is 2.12. The van der Waals surface area contributed by atoms with Crippen molar-refractivity contribution in [2.75, 3.05) is 5.32 Å². The van der Waals surface area contributed by atoms with Gasteiger partial charge in [0, 0.05) is 6.04 Å². The first kappa shape index (κ1) is 18.1. The van der Waals surface area contributed by atoms with Crippen LogP contribution < -0.4 is 5.32 Å². The van der Waals surface area contributed by atoms with Crippen LogP contribution in [0.3, 0.4) is 0 Å². The molecule has 9 heteroatoms. The molecule has 0 amide bonds. The van der Waals surface area contributed by atoms with Crippen molar-refractivity contribution in [2.45, 2.75) is 13.0 Å². The molecule has 0 aliphatic carbocycles. The second kappa shape index (κ2) is 6.73. The smallest absolute Gasteiger partial charge is 0.194 e. The summed E-state index contributed by atoms with van der Waals surface area (Å²) in [6.45, 7) is 1.24. The van der Waals surface area contributed by atoms with Gasteiger partial charge >= 0.3 is 0 Å². The van der Waals surface area contributed by atoms with Crippen molar-refractivity contribution in [3.05, 3.63) is 63.7 Å². The van der Waals surface area contributed by atoms with E-state index in [0.29, 0.717) is 12.1 Å². The molecular formula is C16H7F6N3. The SMILES string of the molecule is CC(Nc1c(F)c(F)c(C#N)c(F)c1C#N)c1cc(F)c(F)c(F)c1. The first-order chi connectivity index (χ1) is 11.7. The molecule has 0 aliphatic heterocycles. The van der Waals surface area contributed by atoms with Gasteiger partial charge in [0.25, 0.3) is 0 Å². The lowest BCUT2D eigenvalue weighted by Crippen LogP contribution is -2.14. The molecule has 25 heavy (non-hydrogen) atoms. The molecule has 128 valence electrons. The predicted octanol–water partition coefficient (Wildman–Crippen LogP) is 4.44. The molecule has 0 aliphatic rings. The third-order valence-electron chi connectivity index (χ3n) is 3.41. The van der Waals surface area contributed by atoms with Crippen LogP contribution in [0.25, 0.3) is 0 Å². The Kier molecular flexibility index (Phi) is 4.89. The molecule has 2 rings (SSSR count). The van der Waals surface area contributed by atoms with Crippen molar-refractivity contribution in [1.82, 2.24) is 0 Å². The molecule has 1 N–H and O–H groups in total. The summed E-state index contributed by atoms with van der Waals surface area (Å²) in [5.74, 6) is -9.83. The van der Waals surface area contributed by atoms with E-state index >= 15 is 0 Å². The highest BCUT2D eigenvalue weighted by Crippen LogP contribution is 2.31. The Balaban J connectivity index is 2.54. The summed E-state index contributed by atoms with van der Waals surface area (Å²) >= 11 is 0. The highest BCUT2D eigenvalue weighted by Gasteiger charge is 2.26. The summed E-state index contributed by atoms with van der Waals surface area (Å²) in [7, 11) is 0. The maximum Gasteiger partial charge on any atom is 0.194 e. The zero-order chi connectivity index (χ0) is 18.9. The molecule has 0 radical (unpaired) electrons. The summed E-state index contributed by atoms with van der Waals surface area (Å²) in [5.41, 5.74) is -3.38. The Bertz CT molecular complexity index is 920. The van der Waals surface area contributed by atoms with Gasteiger partial charge in [0.05, 0.1) is 5.69 Å². The van der Waals surface area contributed by atoms with Crippen LogP contribution in [0.1, 0.15) is 29.7 Å². The Morgan fingerprint density at radius 2 is 1.32 bits per heavy atom. The molecule has 1 unspecified atom stereocenters. The minimum Gasteiger partial charge on any atom is -0.375 e. The Labute approximate surface area is 137 Å². The highest BCUT2D eigenvalue weighted by atomic mass is 19.2. The van der Waals surface area contributed by atoms with Gasteiger partial charge in [-0.05, 0) is 24.6 Å². The number of halogens is 6. The number of benzene rings is 2. The normalized spacial score (nSPS) is 11.6. The summed E-state index contributed by atoms with van der Waals surface area (Å²) in [5, 5.41) is 19.8. The number of anilines is 1. The summed E-state index contributed by atoms with van der Waals surface area (Å²) < 4.78 is 81.2. The van der Waals surface area contributed by atoms with E-state index in [2.05, 4.69) is 5.32 Å². The van der Waals surface area contributed by atoms with E-state index in [9.17, 15) is 26.3 Å². The fraction of sp³-hybridized carbons (Fsp3) is 0.125. The summed E-state index contributed by atoms with van der Waals surface area (Å²) in [4.78, 5) is 0. The first-order valence-corrected chi connectivity index (χ1v) is 6.64. The maximum absolute atomic E-state index is 14.1. The number of nitriles is 2. The quantitative estimate of drug-likeness (QED) is 0.503. The van der Waals surface area contributed by atoms with E-state index in [1.54, 1.807) is 0 Å². The van der Waals surface area contributed by atoms with Crippen LogP contribution in [-0.2, 0) is 0 Å². The van der Waals surface area contributed by atoms with E-state index in [-0.39, 0.29) is 5.56 Å². The van der Waals surface area contributed by atoms with E-state index in [1.165, 1.54) is 13.0 Å². The number of nitrogens with one attached hydrogen (secondary N) is 1. The lowest BCUT2D eigenvalue weighted by molar-refractivity contribution is 0.444. The van der Waals surface area contributed by atoms with Gasteiger partial charge in [0.15, 0.2) is 34.9 Å². The van der Waals surface area contributed by atoms with Crippen molar-refractivity contribution in [1.29, 1.82) is 10.5 Å². The van der Waals surface area contributed by atoms with Crippen LogP contribution in [0.4, 0.5) is 32.0 Å². The average molecular weight is 355 g/mol. The fourth-order valence-electron chi connectivity index (χ4n) is 2.12. The Morgan fingerprint density at radius 1 is 0.800 bits per heavy atom. The summed E-state index contributed by atoms with van der Waals surface area (Å²) in [6, 6.07) is 2.46. The topological polar surface area (TPSA) is 59.6 Å². The minimum atomic E-state index is -1.81. The van der Waals surface area contributed by atoms with Gasteiger partial charge in [-0.2, -0.15) is 10.5 Å². The number of nitrogens with zero attached hydrogens (tertiary/aromatic N) is 2. The number of hydrogen-bond donors (Lipinski definition) is 1. The van der Waals surface area contributed by atoms with E-state index in [1.807, 2.05) is 0 Å². The van der Waals surface area contributed by atoms with Crippen LogP contribution in [0.15, 0.2) is 12.1 Å². The van der Waals surface area contributed by atoms with Crippen molar-refractivity contribution >= 4 is 5.69 Å². The first-order valence-electron chi connectivity index (χ1n) is 6.64. The maximum atomic E-state index is 14.1. The number of hydrogen-bond acceptors (Lipinski definition) is 3. The van der Waals surface area contributed by atoms with Crippen LogP contribution >= 0.6 is 0 Å². The summed E-state index contributed by atoms with van der Waals surface area (Å²) in [6.07, 6.45) is 0. The molecule has 0 bridgehead atoms. The van der Waals surface area contributed by atoms with Crippen molar-refractivity contribution in [3.8, 4) is 12.1 Å². The van der Waals surface area contributed by atoms with Crippen molar-refractivity contribution in [3.63, 3.8) is 0 Å². The van der Waals surface area contributed by atoms with Gasteiger partial charge in [-0.25, -0.2) is 26.3 Å². The molecule has 0 saturated carbocycles. The molecule has 1 atom stereocenters. The van der Waals surface area contributed by atoms with E-state index in [4.69, 9.17) is 10.5 Å². The second-order valence-corrected chi connectivity index (χ2v) is 4.96. The van der Waals surface area contributed by atoms with E-state index in [0.717, 1.165) is 6.07 Å². The van der Waals surface area contributed by atoms with Crippen LogP contribution in [0.5, 0.6) is 0 Å². The molecular weight excluding hydrogens is 348 g/mol. The third kappa shape index (κ3) is 3.09.